The molecule has 2 fully saturated rings. The highest BCUT2D eigenvalue weighted by Crippen LogP contribution is 2.26. The van der Waals surface area contributed by atoms with E-state index in [1.807, 2.05) is 4.90 Å². The topological polar surface area (TPSA) is 68.4 Å². The molecule has 0 unspecified atom stereocenters. The van der Waals surface area contributed by atoms with E-state index in [0.29, 0.717) is 24.2 Å². The Balaban J connectivity index is 1.24. The third-order valence-corrected chi connectivity index (χ3v) is 7.71. The van der Waals surface area contributed by atoms with Crippen molar-refractivity contribution in [3.8, 4) is 6.07 Å². The fourth-order valence-corrected chi connectivity index (χ4v) is 5.23. The predicted molar refractivity (Wildman–Crippen MR) is 139 cm³/mol. The van der Waals surface area contributed by atoms with Gasteiger partial charge < -0.3 is 19.3 Å². The van der Waals surface area contributed by atoms with Crippen molar-refractivity contribution in [2.45, 2.75) is 45.2 Å². The largest absolute Gasteiger partial charge is 0.368 e. The molecular formula is C28H34N6O. The van der Waals surface area contributed by atoms with Crippen molar-refractivity contribution >= 4 is 22.6 Å². The maximum absolute atomic E-state index is 12.9. The van der Waals surface area contributed by atoms with Crippen LogP contribution in [0.3, 0.4) is 0 Å². The molecular weight excluding hydrogens is 436 g/mol. The molecule has 0 N–H and O–H groups in total. The molecule has 2 aromatic carbocycles. The highest BCUT2D eigenvalue weighted by Gasteiger charge is 2.24. The molecule has 3 aromatic rings. The highest BCUT2D eigenvalue weighted by molar-refractivity contribution is 5.94. The first-order chi connectivity index (χ1) is 17.1. The zero-order valence-electron chi connectivity index (χ0n) is 20.8. The molecule has 1 amide bonds. The predicted octanol–water partition coefficient (Wildman–Crippen LogP) is 3.92. The summed E-state index contributed by atoms with van der Waals surface area (Å²) in [6, 6.07) is 16.3. The average Bonchev–Trinajstić information content (AvgIpc) is 3.23. The van der Waals surface area contributed by atoms with Crippen LogP contribution >= 0.6 is 0 Å². The van der Waals surface area contributed by atoms with Crippen LogP contribution in [0.2, 0.25) is 0 Å². The van der Waals surface area contributed by atoms with Crippen molar-refractivity contribution in [1.82, 2.24) is 19.4 Å². The Bertz CT molecular complexity index is 1230. The summed E-state index contributed by atoms with van der Waals surface area (Å²) < 4.78 is 2.35. The lowest BCUT2D eigenvalue weighted by Crippen LogP contribution is -2.48. The Hall–Kier alpha value is -3.37. The summed E-state index contributed by atoms with van der Waals surface area (Å²) >= 11 is 0. The third kappa shape index (κ3) is 4.76. The van der Waals surface area contributed by atoms with E-state index in [1.165, 1.54) is 36.3 Å². The van der Waals surface area contributed by atoms with Gasteiger partial charge in [0.2, 0.25) is 0 Å². The molecule has 0 atom stereocenters. The number of aromatic nitrogens is 2. The van der Waals surface area contributed by atoms with Gasteiger partial charge in [-0.05, 0) is 69.3 Å². The lowest BCUT2D eigenvalue weighted by atomic mass is 9.92. The van der Waals surface area contributed by atoms with Gasteiger partial charge in [-0.25, -0.2) is 4.98 Å². The Morgan fingerprint density at radius 1 is 1.11 bits per heavy atom. The molecule has 7 nitrogen and oxygen atoms in total. The summed E-state index contributed by atoms with van der Waals surface area (Å²) in [6.45, 7) is 7.11. The number of anilines is 1. The third-order valence-electron chi connectivity index (χ3n) is 7.71. The fourth-order valence-electron chi connectivity index (χ4n) is 5.23. The van der Waals surface area contributed by atoms with Gasteiger partial charge in [0.15, 0.2) is 0 Å². The Kier molecular flexibility index (Phi) is 6.74. The average molecular weight is 471 g/mol. The lowest BCUT2D eigenvalue weighted by molar-refractivity contribution is 0.0747. The van der Waals surface area contributed by atoms with E-state index in [1.54, 1.807) is 24.3 Å². The molecule has 0 bridgehead atoms. The molecule has 2 aliphatic rings. The van der Waals surface area contributed by atoms with E-state index in [0.717, 1.165) is 44.2 Å². The molecule has 0 spiro atoms. The number of fused-ring (bicyclic) bond motifs is 1. The number of rotatable bonds is 7. The molecule has 35 heavy (non-hydrogen) atoms. The zero-order valence-corrected chi connectivity index (χ0v) is 20.8. The molecule has 2 heterocycles. The van der Waals surface area contributed by atoms with Crippen LogP contribution in [0.5, 0.6) is 0 Å². The number of amides is 1. The molecule has 1 saturated carbocycles. The normalized spacial score (nSPS) is 16.5. The van der Waals surface area contributed by atoms with Crippen LogP contribution in [-0.2, 0) is 13.0 Å². The van der Waals surface area contributed by atoms with Crippen molar-refractivity contribution in [3.05, 3.63) is 59.4 Å². The number of nitrogens with zero attached hydrogens (tertiary/aromatic N) is 6. The second kappa shape index (κ2) is 10.1. The summed E-state index contributed by atoms with van der Waals surface area (Å²) in [7, 11) is 2.24. The Morgan fingerprint density at radius 2 is 1.86 bits per heavy atom. The number of piperazine rings is 1. The van der Waals surface area contributed by atoms with E-state index in [9.17, 15) is 4.79 Å². The number of carbonyl (C=O) groups excluding carboxylic acids is 1. The highest BCUT2D eigenvalue weighted by atomic mass is 16.2. The summed E-state index contributed by atoms with van der Waals surface area (Å²) in [5.41, 5.74) is 4.64. The second-order valence-electron chi connectivity index (χ2n) is 9.73. The van der Waals surface area contributed by atoms with Crippen LogP contribution in [0.4, 0.5) is 5.69 Å². The number of carbonyl (C=O) groups is 1. The van der Waals surface area contributed by atoms with E-state index in [2.05, 4.69) is 52.6 Å². The van der Waals surface area contributed by atoms with Crippen LogP contribution in [0.15, 0.2) is 42.5 Å². The molecule has 1 aliphatic carbocycles. The van der Waals surface area contributed by atoms with Gasteiger partial charge in [-0.2, -0.15) is 5.26 Å². The maximum Gasteiger partial charge on any atom is 0.253 e. The Morgan fingerprint density at radius 3 is 2.49 bits per heavy atom. The number of aryl methyl sites for hydroxylation is 1. The molecule has 1 aromatic heterocycles. The molecule has 5 rings (SSSR count). The summed E-state index contributed by atoms with van der Waals surface area (Å²) in [6.07, 6.45) is 5.00. The quantitative estimate of drug-likeness (QED) is 0.524. The number of likely N-dealkylation sites (N-methyl/N-ethyl adjacent to an activating group) is 1. The van der Waals surface area contributed by atoms with Gasteiger partial charge in [0, 0.05) is 63.0 Å². The number of nitriles is 1. The minimum atomic E-state index is 0.0304. The van der Waals surface area contributed by atoms with Crippen LogP contribution in [0.25, 0.3) is 11.0 Å². The van der Waals surface area contributed by atoms with Gasteiger partial charge in [-0.3, -0.25) is 4.79 Å². The van der Waals surface area contributed by atoms with E-state index < -0.39 is 0 Å². The Labute approximate surface area is 207 Å². The number of hydrogen-bond donors (Lipinski definition) is 0. The minimum Gasteiger partial charge on any atom is -0.368 e. The van der Waals surface area contributed by atoms with E-state index in [4.69, 9.17) is 10.2 Å². The zero-order chi connectivity index (χ0) is 24.4. The first-order valence-corrected chi connectivity index (χ1v) is 12.8. The molecule has 182 valence electrons. The smallest absolute Gasteiger partial charge is 0.253 e. The van der Waals surface area contributed by atoms with Crippen molar-refractivity contribution in [2.24, 2.45) is 0 Å². The minimum absolute atomic E-state index is 0.0304. The summed E-state index contributed by atoms with van der Waals surface area (Å²) in [5, 5.41) is 8.97. The van der Waals surface area contributed by atoms with Gasteiger partial charge >= 0.3 is 0 Å². The second-order valence-corrected chi connectivity index (χ2v) is 9.73. The molecule has 1 aliphatic heterocycles. The van der Waals surface area contributed by atoms with Gasteiger partial charge in [0.05, 0.1) is 22.7 Å². The molecule has 1 saturated heterocycles. The SMILES string of the molecule is CCn1c(CCN(C)C2CCC2)nc2cc(N3CCN(C(=O)c4ccc(C#N)cc4)CC3)ccc21. The van der Waals surface area contributed by atoms with Crippen molar-refractivity contribution in [3.63, 3.8) is 0 Å². The van der Waals surface area contributed by atoms with Gasteiger partial charge in [0.1, 0.15) is 5.82 Å². The summed E-state index contributed by atoms with van der Waals surface area (Å²) in [4.78, 5) is 24.6. The monoisotopic (exact) mass is 470 g/mol. The van der Waals surface area contributed by atoms with Crippen LogP contribution in [0, 0.1) is 11.3 Å². The van der Waals surface area contributed by atoms with Gasteiger partial charge in [0.25, 0.3) is 5.91 Å². The maximum atomic E-state index is 12.9. The number of imidazole rings is 1. The van der Waals surface area contributed by atoms with Crippen LogP contribution in [0.1, 0.15) is 47.9 Å². The van der Waals surface area contributed by atoms with Gasteiger partial charge in [-0.15, -0.1) is 0 Å². The van der Waals surface area contributed by atoms with Crippen molar-refractivity contribution in [1.29, 1.82) is 5.26 Å². The molecule has 7 heteroatoms. The summed E-state index contributed by atoms with van der Waals surface area (Å²) in [5.74, 6) is 1.20. The van der Waals surface area contributed by atoms with E-state index in [-0.39, 0.29) is 5.91 Å². The van der Waals surface area contributed by atoms with Crippen molar-refractivity contribution < 1.29 is 4.79 Å². The van der Waals surface area contributed by atoms with Crippen molar-refractivity contribution in [2.75, 3.05) is 44.7 Å². The van der Waals surface area contributed by atoms with Crippen LogP contribution < -0.4 is 4.90 Å². The number of hydrogen-bond acceptors (Lipinski definition) is 5. The fraction of sp³-hybridized carbons (Fsp3) is 0.464. The van der Waals surface area contributed by atoms with Gasteiger partial charge in [-0.1, -0.05) is 6.42 Å². The lowest BCUT2D eigenvalue weighted by Gasteiger charge is -2.36. The van der Waals surface area contributed by atoms with E-state index >= 15 is 0 Å². The molecule has 0 radical (unpaired) electrons. The number of benzene rings is 2. The first kappa shape index (κ1) is 23.4. The first-order valence-electron chi connectivity index (χ1n) is 12.8. The van der Waals surface area contributed by atoms with Crippen LogP contribution in [-0.4, -0.2) is 71.1 Å². The standard InChI is InChI=1S/C28H34N6O/c1-3-34-26-12-11-24(19-25(26)30-27(34)13-14-31(2)23-5-4-6-23)32-15-17-33(18-16-32)28(35)22-9-7-21(20-29)8-10-22/h7-12,19,23H,3-6,13-18H2,1-2H3.